The largest absolute Gasteiger partial charge is 0.362 e. The van der Waals surface area contributed by atoms with E-state index in [4.69, 9.17) is 0 Å². The van der Waals surface area contributed by atoms with E-state index in [1.807, 2.05) is 24.3 Å². The third kappa shape index (κ3) is 3.32. The molecule has 1 spiro atoms. The van der Waals surface area contributed by atoms with Gasteiger partial charge in [-0.3, -0.25) is 9.59 Å². The minimum absolute atomic E-state index is 0.00209. The summed E-state index contributed by atoms with van der Waals surface area (Å²) in [5, 5.41) is 10.2. The zero-order chi connectivity index (χ0) is 20.8. The van der Waals surface area contributed by atoms with Gasteiger partial charge in [-0.05, 0) is 75.3 Å². The van der Waals surface area contributed by atoms with Gasteiger partial charge in [-0.25, -0.2) is 0 Å². The lowest BCUT2D eigenvalue weighted by Crippen LogP contribution is -2.70. The van der Waals surface area contributed by atoms with Crippen molar-refractivity contribution in [3.05, 3.63) is 41.5 Å². The highest BCUT2D eigenvalue weighted by atomic mass is 16.2. The Kier molecular flexibility index (Phi) is 4.87. The summed E-state index contributed by atoms with van der Waals surface area (Å²) in [4.78, 5) is 25.9. The number of allylic oxidation sites excluding steroid dienone is 1. The van der Waals surface area contributed by atoms with Crippen molar-refractivity contribution in [2.24, 2.45) is 17.3 Å². The predicted octanol–water partition coefficient (Wildman–Crippen LogP) is 4.37. The van der Waals surface area contributed by atoms with Gasteiger partial charge in [0, 0.05) is 24.1 Å². The number of nitrogens with one attached hydrogen (secondary N) is 3. The van der Waals surface area contributed by atoms with E-state index in [1.54, 1.807) is 0 Å². The number of anilines is 1. The van der Waals surface area contributed by atoms with Gasteiger partial charge in [-0.15, -0.1) is 0 Å². The molecular weight excluding hydrogens is 374 g/mol. The molecule has 0 aromatic heterocycles. The molecule has 1 aromatic rings. The standard InChI is InChI=1S/C25H33N3O2/c1-24-13-11-18(15-20(24)23(30)26-14-12-17-7-3-2-4-8-17)25(16-24)27-21-10-6-5-9-19(21)22(29)28-25/h5-7,9-10,18,20,27H,2-4,8,11-16H2,1H3,(H,26,30)(H,28,29)/t18-,20+,24-,25-/m0/s1. The molecule has 1 heterocycles. The molecule has 3 fully saturated rings. The van der Waals surface area contributed by atoms with Gasteiger partial charge in [0.25, 0.3) is 5.91 Å². The summed E-state index contributed by atoms with van der Waals surface area (Å²) in [7, 11) is 0. The van der Waals surface area contributed by atoms with Gasteiger partial charge >= 0.3 is 0 Å². The molecule has 5 aliphatic rings. The molecule has 0 radical (unpaired) electrons. The minimum Gasteiger partial charge on any atom is -0.362 e. The van der Waals surface area contributed by atoms with Gasteiger partial charge in [-0.2, -0.15) is 0 Å². The number of fused-ring (bicyclic) bond motifs is 3. The second-order valence-electron chi connectivity index (χ2n) is 10.1. The Bertz CT molecular complexity index is 894. The molecule has 0 unspecified atom stereocenters. The van der Waals surface area contributed by atoms with Crippen LogP contribution in [0, 0.1) is 17.3 Å². The monoisotopic (exact) mass is 407 g/mol. The maximum atomic E-state index is 13.1. The highest BCUT2D eigenvalue weighted by Gasteiger charge is 2.60. The summed E-state index contributed by atoms with van der Waals surface area (Å²) in [6.07, 6.45) is 12.0. The van der Waals surface area contributed by atoms with Gasteiger partial charge in [-0.1, -0.05) is 30.7 Å². The van der Waals surface area contributed by atoms with Crippen LogP contribution in [-0.2, 0) is 4.79 Å². The Hall–Kier alpha value is -2.30. The number of rotatable bonds is 4. The van der Waals surface area contributed by atoms with E-state index < -0.39 is 5.66 Å². The molecule has 4 aliphatic carbocycles. The predicted molar refractivity (Wildman–Crippen MR) is 118 cm³/mol. The molecule has 5 nitrogen and oxygen atoms in total. The van der Waals surface area contributed by atoms with Gasteiger partial charge in [0.2, 0.25) is 5.91 Å². The first-order valence-electron chi connectivity index (χ1n) is 11.6. The van der Waals surface area contributed by atoms with Crippen LogP contribution < -0.4 is 16.0 Å². The molecular formula is C25H33N3O2. The summed E-state index contributed by atoms with van der Waals surface area (Å²) in [5.74, 6) is 0.504. The van der Waals surface area contributed by atoms with Gasteiger partial charge < -0.3 is 16.0 Å². The fourth-order valence-electron chi connectivity index (χ4n) is 6.45. The average molecular weight is 408 g/mol. The second-order valence-corrected chi connectivity index (χ2v) is 10.1. The molecule has 1 aromatic carbocycles. The number of hydrogen-bond acceptors (Lipinski definition) is 3. The zero-order valence-electron chi connectivity index (χ0n) is 17.9. The molecule has 0 saturated heterocycles. The topological polar surface area (TPSA) is 70.2 Å². The Morgan fingerprint density at radius 2 is 2.10 bits per heavy atom. The summed E-state index contributed by atoms with van der Waals surface area (Å²) in [5.41, 5.74) is 2.60. The summed E-state index contributed by atoms with van der Waals surface area (Å²) in [6, 6.07) is 7.73. The van der Waals surface area contributed by atoms with Gasteiger partial charge in [0.05, 0.1) is 5.56 Å². The second kappa shape index (κ2) is 7.44. The lowest BCUT2D eigenvalue weighted by Gasteiger charge is -2.60. The lowest BCUT2D eigenvalue weighted by molar-refractivity contribution is -0.139. The fourth-order valence-corrected chi connectivity index (χ4v) is 6.45. The molecule has 3 saturated carbocycles. The Balaban J connectivity index is 1.27. The third-order valence-corrected chi connectivity index (χ3v) is 8.12. The van der Waals surface area contributed by atoms with Gasteiger partial charge in [0.1, 0.15) is 5.66 Å². The zero-order valence-corrected chi connectivity index (χ0v) is 17.9. The molecule has 2 bridgehead atoms. The molecule has 5 heteroatoms. The van der Waals surface area contributed by atoms with Crippen LogP contribution in [0.1, 0.15) is 75.1 Å². The normalized spacial score (nSPS) is 34.6. The first kappa shape index (κ1) is 19.7. The Labute approximate surface area is 179 Å². The van der Waals surface area contributed by atoms with Crippen LogP contribution in [0.4, 0.5) is 5.69 Å². The average Bonchev–Trinajstić information content (AvgIpc) is 2.74. The van der Waals surface area contributed by atoms with Crippen LogP contribution in [0.25, 0.3) is 0 Å². The van der Waals surface area contributed by atoms with E-state index >= 15 is 0 Å². The smallest absolute Gasteiger partial charge is 0.255 e. The molecule has 2 amide bonds. The highest BCUT2D eigenvalue weighted by molar-refractivity contribution is 6.02. The maximum absolute atomic E-state index is 13.1. The van der Waals surface area contributed by atoms with Crippen molar-refractivity contribution in [3.8, 4) is 0 Å². The molecule has 4 atom stereocenters. The SMILES string of the molecule is C[C@@]12CC[C@@H](C[C@@H]1C(=O)NCCC1=CCCCC1)[C@]1(C2)NC(=O)c2ccccc2N1. The van der Waals surface area contributed by atoms with Crippen LogP contribution in [-0.4, -0.2) is 24.0 Å². The van der Waals surface area contributed by atoms with Crippen molar-refractivity contribution in [2.45, 2.75) is 70.4 Å². The van der Waals surface area contributed by atoms with Crippen molar-refractivity contribution in [2.75, 3.05) is 11.9 Å². The minimum atomic E-state index is -0.428. The van der Waals surface area contributed by atoms with Crippen molar-refractivity contribution in [1.29, 1.82) is 0 Å². The van der Waals surface area contributed by atoms with Crippen molar-refractivity contribution < 1.29 is 9.59 Å². The number of carbonyl (C=O) groups is 2. The fraction of sp³-hybridized carbons (Fsp3) is 0.600. The van der Waals surface area contributed by atoms with Crippen molar-refractivity contribution in [1.82, 2.24) is 10.6 Å². The van der Waals surface area contributed by atoms with E-state index in [0.29, 0.717) is 5.56 Å². The van der Waals surface area contributed by atoms with Crippen LogP contribution in [0.2, 0.25) is 0 Å². The summed E-state index contributed by atoms with van der Waals surface area (Å²) in [6.45, 7) is 2.99. The number of hydrogen-bond donors (Lipinski definition) is 3. The molecule has 6 rings (SSSR count). The third-order valence-electron chi connectivity index (χ3n) is 8.12. The summed E-state index contributed by atoms with van der Waals surface area (Å²) >= 11 is 0. The van der Waals surface area contributed by atoms with Crippen molar-refractivity contribution in [3.63, 3.8) is 0 Å². The number of benzene rings is 1. The number of carbonyl (C=O) groups excluding carboxylic acids is 2. The van der Waals surface area contributed by atoms with Crippen LogP contribution in [0.3, 0.4) is 0 Å². The molecule has 30 heavy (non-hydrogen) atoms. The van der Waals surface area contributed by atoms with E-state index in [-0.39, 0.29) is 29.1 Å². The van der Waals surface area contributed by atoms with E-state index in [0.717, 1.165) is 44.3 Å². The highest BCUT2D eigenvalue weighted by Crippen LogP contribution is 2.58. The Morgan fingerprint density at radius 1 is 1.23 bits per heavy atom. The van der Waals surface area contributed by atoms with Crippen LogP contribution >= 0.6 is 0 Å². The Morgan fingerprint density at radius 3 is 2.90 bits per heavy atom. The van der Waals surface area contributed by atoms with E-state index in [2.05, 4.69) is 29.0 Å². The van der Waals surface area contributed by atoms with E-state index in [9.17, 15) is 9.59 Å². The van der Waals surface area contributed by atoms with Crippen molar-refractivity contribution >= 4 is 17.5 Å². The quantitative estimate of drug-likeness (QED) is 0.649. The maximum Gasteiger partial charge on any atom is 0.255 e. The molecule has 3 N–H and O–H groups in total. The number of amides is 2. The van der Waals surface area contributed by atoms with Crippen LogP contribution in [0.15, 0.2) is 35.9 Å². The molecule has 160 valence electrons. The summed E-state index contributed by atoms with van der Waals surface area (Å²) < 4.78 is 0. The molecule has 1 aliphatic heterocycles. The number of para-hydroxylation sites is 1. The van der Waals surface area contributed by atoms with Gasteiger partial charge in [0.15, 0.2) is 0 Å². The lowest BCUT2D eigenvalue weighted by atomic mass is 9.51. The van der Waals surface area contributed by atoms with E-state index in [1.165, 1.54) is 31.3 Å². The van der Waals surface area contributed by atoms with Crippen LogP contribution in [0.5, 0.6) is 0 Å². The first-order chi connectivity index (χ1) is 14.5. The first-order valence-corrected chi connectivity index (χ1v) is 11.6.